The zero-order chi connectivity index (χ0) is 10.4. The Morgan fingerprint density at radius 3 is 2.50 bits per heavy atom. The normalized spacial score (nSPS) is 9.43. The summed E-state index contributed by atoms with van der Waals surface area (Å²) in [5.41, 5.74) is 1.28. The summed E-state index contributed by atoms with van der Waals surface area (Å²) in [7, 11) is 0. The molecule has 0 saturated heterocycles. The van der Waals surface area contributed by atoms with Crippen molar-refractivity contribution in [1.29, 1.82) is 0 Å². The van der Waals surface area contributed by atoms with Gasteiger partial charge in [0, 0.05) is 6.54 Å². The van der Waals surface area contributed by atoms with Gasteiger partial charge in [-0.15, -0.1) is 0 Å². The van der Waals surface area contributed by atoms with E-state index in [9.17, 15) is 9.59 Å². The number of benzene rings is 1. The Morgan fingerprint density at radius 2 is 2.00 bits per heavy atom. The Labute approximate surface area is 81.6 Å². The summed E-state index contributed by atoms with van der Waals surface area (Å²) in [6.07, 6.45) is 1.35. The third kappa shape index (κ3) is 2.90. The zero-order valence-corrected chi connectivity index (χ0v) is 7.56. The number of amides is 1. The summed E-state index contributed by atoms with van der Waals surface area (Å²) in [5, 5.41) is 11.2. The molecule has 0 aromatic heterocycles. The SMILES string of the molecule is O=CNCCc1ccc(C(=O)O)cc1. The van der Waals surface area contributed by atoms with Crippen molar-refractivity contribution in [2.75, 3.05) is 6.54 Å². The summed E-state index contributed by atoms with van der Waals surface area (Å²) in [4.78, 5) is 20.5. The van der Waals surface area contributed by atoms with E-state index < -0.39 is 5.97 Å². The van der Waals surface area contributed by atoms with Crippen molar-refractivity contribution in [1.82, 2.24) is 5.32 Å². The average molecular weight is 193 g/mol. The van der Waals surface area contributed by atoms with Crippen LogP contribution >= 0.6 is 0 Å². The topological polar surface area (TPSA) is 66.4 Å². The smallest absolute Gasteiger partial charge is 0.335 e. The van der Waals surface area contributed by atoms with Crippen LogP contribution in [0.5, 0.6) is 0 Å². The molecule has 0 aliphatic rings. The highest BCUT2D eigenvalue weighted by molar-refractivity contribution is 5.87. The highest BCUT2D eigenvalue weighted by Crippen LogP contribution is 2.04. The fourth-order valence-electron chi connectivity index (χ4n) is 1.09. The van der Waals surface area contributed by atoms with Crippen molar-refractivity contribution < 1.29 is 14.7 Å². The molecule has 1 aromatic rings. The van der Waals surface area contributed by atoms with Crippen LogP contribution in [-0.4, -0.2) is 24.0 Å². The first-order valence-corrected chi connectivity index (χ1v) is 4.23. The van der Waals surface area contributed by atoms with Crippen LogP contribution in [0.25, 0.3) is 0 Å². The molecule has 0 fully saturated rings. The molecule has 0 unspecified atom stereocenters. The van der Waals surface area contributed by atoms with Crippen molar-refractivity contribution >= 4 is 12.4 Å². The quantitative estimate of drug-likeness (QED) is 0.533. The van der Waals surface area contributed by atoms with Gasteiger partial charge in [-0.1, -0.05) is 12.1 Å². The highest BCUT2D eigenvalue weighted by atomic mass is 16.4. The van der Waals surface area contributed by atoms with Crippen LogP contribution in [0.1, 0.15) is 15.9 Å². The van der Waals surface area contributed by atoms with Gasteiger partial charge in [0.1, 0.15) is 0 Å². The molecular formula is C10H11NO3. The second kappa shape index (κ2) is 5.01. The Morgan fingerprint density at radius 1 is 1.36 bits per heavy atom. The first-order valence-electron chi connectivity index (χ1n) is 4.23. The van der Waals surface area contributed by atoms with Gasteiger partial charge in [0.2, 0.25) is 6.41 Å². The molecule has 4 heteroatoms. The summed E-state index contributed by atoms with van der Waals surface area (Å²) < 4.78 is 0. The molecule has 2 N–H and O–H groups in total. The fraction of sp³-hybridized carbons (Fsp3) is 0.200. The van der Waals surface area contributed by atoms with Gasteiger partial charge in [-0.2, -0.15) is 0 Å². The Balaban J connectivity index is 2.55. The van der Waals surface area contributed by atoms with Crippen LogP contribution in [0.15, 0.2) is 24.3 Å². The van der Waals surface area contributed by atoms with E-state index in [1.807, 2.05) is 0 Å². The number of nitrogens with one attached hydrogen (secondary N) is 1. The number of hydrogen-bond acceptors (Lipinski definition) is 2. The molecule has 0 bridgehead atoms. The molecule has 74 valence electrons. The third-order valence-electron chi connectivity index (χ3n) is 1.84. The monoisotopic (exact) mass is 193 g/mol. The third-order valence-corrected chi connectivity index (χ3v) is 1.84. The van der Waals surface area contributed by atoms with Crippen LogP contribution in [0.4, 0.5) is 0 Å². The van der Waals surface area contributed by atoms with E-state index in [4.69, 9.17) is 5.11 Å². The lowest BCUT2D eigenvalue weighted by atomic mass is 10.1. The minimum Gasteiger partial charge on any atom is -0.478 e. The van der Waals surface area contributed by atoms with E-state index in [1.165, 1.54) is 0 Å². The van der Waals surface area contributed by atoms with Crippen LogP contribution in [-0.2, 0) is 11.2 Å². The number of aromatic carboxylic acids is 1. The number of rotatable bonds is 5. The van der Waals surface area contributed by atoms with Gasteiger partial charge in [0.15, 0.2) is 0 Å². The summed E-state index contributed by atoms with van der Waals surface area (Å²) >= 11 is 0. The summed E-state index contributed by atoms with van der Waals surface area (Å²) in [5.74, 6) is -0.928. The number of hydrogen-bond donors (Lipinski definition) is 2. The Kier molecular flexibility index (Phi) is 3.67. The molecule has 0 saturated carbocycles. The van der Waals surface area contributed by atoms with Crippen molar-refractivity contribution in [2.24, 2.45) is 0 Å². The minimum atomic E-state index is -0.928. The molecule has 4 nitrogen and oxygen atoms in total. The molecule has 0 atom stereocenters. The molecule has 0 spiro atoms. The molecule has 0 aliphatic carbocycles. The van der Waals surface area contributed by atoms with Gasteiger partial charge in [-0.25, -0.2) is 4.79 Å². The van der Waals surface area contributed by atoms with Gasteiger partial charge in [0.05, 0.1) is 5.56 Å². The second-order valence-corrected chi connectivity index (χ2v) is 2.82. The van der Waals surface area contributed by atoms with Gasteiger partial charge >= 0.3 is 5.97 Å². The van der Waals surface area contributed by atoms with Crippen molar-refractivity contribution in [2.45, 2.75) is 6.42 Å². The van der Waals surface area contributed by atoms with E-state index >= 15 is 0 Å². The van der Waals surface area contributed by atoms with E-state index in [0.717, 1.165) is 5.56 Å². The van der Waals surface area contributed by atoms with E-state index in [-0.39, 0.29) is 5.56 Å². The van der Waals surface area contributed by atoms with Gasteiger partial charge in [-0.05, 0) is 24.1 Å². The molecular weight excluding hydrogens is 182 g/mol. The second-order valence-electron chi connectivity index (χ2n) is 2.82. The summed E-state index contributed by atoms with van der Waals surface area (Å²) in [6.45, 7) is 0.565. The number of carboxylic acid groups (broad SMARTS) is 1. The maximum Gasteiger partial charge on any atom is 0.335 e. The predicted molar refractivity (Wildman–Crippen MR) is 51.2 cm³/mol. The Hall–Kier alpha value is -1.84. The van der Waals surface area contributed by atoms with Gasteiger partial charge < -0.3 is 10.4 Å². The van der Waals surface area contributed by atoms with Gasteiger partial charge in [0.25, 0.3) is 0 Å². The van der Waals surface area contributed by atoms with Crippen molar-refractivity contribution in [3.63, 3.8) is 0 Å². The summed E-state index contributed by atoms with van der Waals surface area (Å²) in [6, 6.07) is 6.60. The lowest BCUT2D eigenvalue weighted by molar-refractivity contribution is -0.109. The lowest BCUT2D eigenvalue weighted by Crippen LogP contribution is -2.14. The number of carboxylic acids is 1. The van der Waals surface area contributed by atoms with Crippen LogP contribution < -0.4 is 5.32 Å². The van der Waals surface area contributed by atoms with Crippen LogP contribution in [0.3, 0.4) is 0 Å². The lowest BCUT2D eigenvalue weighted by Gasteiger charge is -2.00. The molecule has 14 heavy (non-hydrogen) atoms. The highest BCUT2D eigenvalue weighted by Gasteiger charge is 2.00. The fourth-order valence-corrected chi connectivity index (χ4v) is 1.09. The molecule has 0 radical (unpaired) electrons. The molecule has 1 rings (SSSR count). The van der Waals surface area contributed by atoms with Crippen LogP contribution in [0.2, 0.25) is 0 Å². The average Bonchev–Trinajstić information content (AvgIpc) is 2.19. The van der Waals surface area contributed by atoms with Crippen LogP contribution in [0, 0.1) is 0 Å². The first kappa shape index (κ1) is 10.2. The predicted octanol–water partition coefficient (Wildman–Crippen LogP) is 0.673. The van der Waals surface area contributed by atoms with E-state index in [2.05, 4.69) is 5.32 Å². The largest absolute Gasteiger partial charge is 0.478 e. The zero-order valence-electron chi connectivity index (χ0n) is 7.56. The van der Waals surface area contributed by atoms with Gasteiger partial charge in [-0.3, -0.25) is 4.79 Å². The number of carbonyl (C=O) groups is 2. The molecule has 0 heterocycles. The Bertz CT molecular complexity index is 319. The molecule has 0 aliphatic heterocycles. The molecule has 1 aromatic carbocycles. The number of carbonyl (C=O) groups excluding carboxylic acids is 1. The van der Waals surface area contributed by atoms with E-state index in [1.54, 1.807) is 24.3 Å². The standard InChI is InChI=1S/C10H11NO3/c12-7-11-6-5-8-1-3-9(4-2-8)10(13)14/h1-4,7H,5-6H2,(H,11,12)(H,13,14). The first-order chi connectivity index (χ1) is 6.74. The maximum atomic E-state index is 10.5. The maximum absolute atomic E-state index is 10.5. The van der Waals surface area contributed by atoms with Crippen molar-refractivity contribution in [3.05, 3.63) is 35.4 Å². The minimum absolute atomic E-state index is 0.275. The van der Waals surface area contributed by atoms with E-state index in [0.29, 0.717) is 19.4 Å². The molecule has 1 amide bonds. The van der Waals surface area contributed by atoms with Crippen molar-refractivity contribution in [3.8, 4) is 0 Å².